The van der Waals surface area contributed by atoms with Crippen molar-refractivity contribution >= 4 is 17.1 Å². The molecule has 1 saturated heterocycles. The average Bonchev–Trinajstić information content (AvgIpc) is 3.31. The lowest BCUT2D eigenvalue weighted by Gasteiger charge is -2.32. The van der Waals surface area contributed by atoms with Gasteiger partial charge in [-0.15, -0.1) is 0 Å². The lowest BCUT2D eigenvalue weighted by atomic mass is 9.98. The van der Waals surface area contributed by atoms with E-state index in [-0.39, 0.29) is 6.03 Å². The number of carbonyl (C=O) groups is 1. The fourth-order valence-electron chi connectivity index (χ4n) is 3.51. The maximum absolute atomic E-state index is 12.5. The molecule has 0 spiro atoms. The summed E-state index contributed by atoms with van der Waals surface area (Å²) in [5, 5.41) is 2.99. The van der Waals surface area contributed by atoms with Crippen molar-refractivity contribution in [3.05, 3.63) is 48.9 Å². The third-order valence-electron chi connectivity index (χ3n) is 4.79. The predicted molar refractivity (Wildman–Crippen MR) is 97.6 cm³/mol. The van der Waals surface area contributed by atoms with Gasteiger partial charge in [-0.1, -0.05) is 12.1 Å². The molecule has 0 bridgehead atoms. The Morgan fingerprint density at radius 3 is 3.12 bits per heavy atom. The first-order valence-electron chi connectivity index (χ1n) is 9.11. The molecule has 2 aromatic heterocycles. The molecule has 1 aromatic carbocycles. The second kappa shape index (κ2) is 7.59. The molecule has 1 aliphatic heterocycles. The van der Waals surface area contributed by atoms with Gasteiger partial charge in [0.15, 0.2) is 11.5 Å². The van der Waals surface area contributed by atoms with Crippen LogP contribution in [0.3, 0.4) is 0 Å². The highest BCUT2D eigenvalue weighted by atomic mass is 16.3. The number of hydrogen-bond donors (Lipinski definition) is 1. The Bertz CT molecular complexity index is 825. The summed E-state index contributed by atoms with van der Waals surface area (Å²) in [6.45, 7) is 3.03. The number of hydrogen-bond acceptors (Lipinski definition) is 4. The van der Waals surface area contributed by atoms with E-state index < -0.39 is 0 Å². The zero-order valence-corrected chi connectivity index (χ0v) is 14.7. The van der Waals surface area contributed by atoms with Crippen molar-refractivity contribution in [2.45, 2.75) is 25.8 Å². The predicted octanol–water partition coefficient (Wildman–Crippen LogP) is 2.69. The zero-order valence-electron chi connectivity index (χ0n) is 14.7. The van der Waals surface area contributed by atoms with E-state index in [1.54, 1.807) is 6.20 Å². The van der Waals surface area contributed by atoms with E-state index in [0.717, 1.165) is 43.6 Å². The summed E-state index contributed by atoms with van der Waals surface area (Å²) in [7, 11) is 0. The molecule has 0 unspecified atom stereocenters. The SMILES string of the molecule is O=C(NCCc1nc2ccccc2o1)N1CCC[C@@H](Cn2ccnc2)C1. The maximum atomic E-state index is 12.5. The normalized spacial score (nSPS) is 17.5. The quantitative estimate of drug-likeness (QED) is 0.765. The van der Waals surface area contributed by atoms with Crippen molar-refractivity contribution in [3.63, 3.8) is 0 Å². The molecule has 4 rings (SSSR count). The first-order valence-corrected chi connectivity index (χ1v) is 9.11. The number of piperidine rings is 1. The minimum atomic E-state index is -0.00329. The van der Waals surface area contributed by atoms with Crippen LogP contribution >= 0.6 is 0 Å². The molecule has 1 fully saturated rings. The molecular weight excluding hydrogens is 330 g/mol. The number of urea groups is 1. The fourth-order valence-corrected chi connectivity index (χ4v) is 3.51. The molecule has 1 aliphatic rings. The summed E-state index contributed by atoms with van der Waals surface area (Å²) in [5.41, 5.74) is 1.64. The van der Waals surface area contributed by atoms with E-state index in [9.17, 15) is 4.79 Å². The van der Waals surface area contributed by atoms with E-state index in [2.05, 4.69) is 19.9 Å². The van der Waals surface area contributed by atoms with Crippen LogP contribution in [0.15, 0.2) is 47.4 Å². The number of fused-ring (bicyclic) bond motifs is 1. The van der Waals surface area contributed by atoms with Crippen LogP contribution in [0.25, 0.3) is 11.1 Å². The lowest BCUT2D eigenvalue weighted by Crippen LogP contribution is -2.46. The minimum Gasteiger partial charge on any atom is -0.441 e. The Kier molecular flexibility index (Phi) is 4.86. The monoisotopic (exact) mass is 353 g/mol. The van der Waals surface area contributed by atoms with Gasteiger partial charge in [-0.3, -0.25) is 0 Å². The van der Waals surface area contributed by atoms with Gasteiger partial charge in [0, 0.05) is 45.0 Å². The number of imidazole rings is 1. The summed E-state index contributed by atoms with van der Waals surface area (Å²) in [5.74, 6) is 1.13. The average molecular weight is 353 g/mol. The number of nitrogens with one attached hydrogen (secondary N) is 1. The molecule has 1 atom stereocenters. The molecule has 7 heteroatoms. The molecule has 26 heavy (non-hydrogen) atoms. The van der Waals surface area contributed by atoms with Crippen LogP contribution in [-0.2, 0) is 13.0 Å². The highest BCUT2D eigenvalue weighted by Gasteiger charge is 2.23. The third-order valence-corrected chi connectivity index (χ3v) is 4.79. The molecule has 2 amide bonds. The number of likely N-dealkylation sites (tertiary alicyclic amines) is 1. The van der Waals surface area contributed by atoms with Crippen LogP contribution in [0.1, 0.15) is 18.7 Å². The Hall–Kier alpha value is -2.83. The molecule has 136 valence electrons. The Morgan fingerprint density at radius 1 is 1.35 bits per heavy atom. The number of aromatic nitrogens is 3. The standard InChI is InChI=1S/C19H23N5O2/c25-19(21-8-7-18-22-16-5-1-2-6-17(16)26-18)24-10-3-4-15(13-24)12-23-11-9-20-14-23/h1-2,5-6,9,11,14-15H,3-4,7-8,10,12-13H2,(H,21,25)/t15-/m0/s1. The molecule has 0 aliphatic carbocycles. The highest BCUT2D eigenvalue weighted by Crippen LogP contribution is 2.18. The molecule has 1 N–H and O–H groups in total. The van der Waals surface area contributed by atoms with Gasteiger partial charge in [0.05, 0.1) is 6.33 Å². The molecule has 7 nitrogen and oxygen atoms in total. The Balaban J connectivity index is 1.26. The van der Waals surface area contributed by atoms with Gasteiger partial charge in [0.25, 0.3) is 0 Å². The smallest absolute Gasteiger partial charge is 0.317 e. The van der Waals surface area contributed by atoms with Gasteiger partial charge in [-0.2, -0.15) is 0 Å². The number of carbonyl (C=O) groups excluding carboxylic acids is 1. The topological polar surface area (TPSA) is 76.2 Å². The number of amides is 2. The van der Waals surface area contributed by atoms with Crippen molar-refractivity contribution in [3.8, 4) is 0 Å². The van der Waals surface area contributed by atoms with Crippen LogP contribution in [0.5, 0.6) is 0 Å². The first kappa shape index (κ1) is 16.6. The van der Waals surface area contributed by atoms with Gasteiger partial charge in [-0.25, -0.2) is 14.8 Å². The molecule has 3 aromatic rings. The molecular formula is C19H23N5O2. The van der Waals surface area contributed by atoms with Crippen LogP contribution < -0.4 is 5.32 Å². The first-order chi connectivity index (χ1) is 12.8. The third kappa shape index (κ3) is 3.87. The number of oxazole rings is 1. The molecule has 0 radical (unpaired) electrons. The summed E-state index contributed by atoms with van der Waals surface area (Å²) >= 11 is 0. The van der Waals surface area contributed by atoms with Gasteiger partial charge >= 0.3 is 6.03 Å². The van der Waals surface area contributed by atoms with Crippen LogP contribution in [0.4, 0.5) is 4.79 Å². The van der Waals surface area contributed by atoms with E-state index in [0.29, 0.717) is 24.8 Å². The fraction of sp³-hybridized carbons (Fsp3) is 0.421. The van der Waals surface area contributed by atoms with Crippen molar-refractivity contribution < 1.29 is 9.21 Å². The van der Waals surface area contributed by atoms with Gasteiger partial charge < -0.3 is 19.2 Å². The van der Waals surface area contributed by atoms with Gasteiger partial charge in [0.2, 0.25) is 0 Å². The van der Waals surface area contributed by atoms with Crippen molar-refractivity contribution in [1.29, 1.82) is 0 Å². The van der Waals surface area contributed by atoms with E-state index >= 15 is 0 Å². The second-order valence-electron chi connectivity index (χ2n) is 6.77. The van der Waals surface area contributed by atoms with Crippen molar-refractivity contribution in [2.24, 2.45) is 5.92 Å². The minimum absolute atomic E-state index is 0.00329. The number of para-hydroxylation sites is 2. The Labute approximate surface area is 152 Å². The van der Waals surface area contributed by atoms with E-state index in [1.165, 1.54) is 0 Å². The largest absolute Gasteiger partial charge is 0.441 e. The maximum Gasteiger partial charge on any atom is 0.317 e. The van der Waals surface area contributed by atoms with E-state index in [1.807, 2.05) is 41.7 Å². The number of nitrogens with zero attached hydrogens (tertiary/aromatic N) is 4. The van der Waals surface area contributed by atoms with Crippen molar-refractivity contribution in [2.75, 3.05) is 19.6 Å². The van der Waals surface area contributed by atoms with Gasteiger partial charge in [0.1, 0.15) is 5.52 Å². The zero-order chi connectivity index (χ0) is 17.8. The van der Waals surface area contributed by atoms with Crippen LogP contribution in [0.2, 0.25) is 0 Å². The summed E-state index contributed by atoms with van der Waals surface area (Å²) < 4.78 is 7.77. The number of benzene rings is 1. The Morgan fingerprint density at radius 2 is 2.27 bits per heavy atom. The van der Waals surface area contributed by atoms with Crippen LogP contribution in [0, 0.1) is 5.92 Å². The summed E-state index contributed by atoms with van der Waals surface area (Å²) in [6, 6.07) is 7.69. The number of rotatable bonds is 5. The van der Waals surface area contributed by atoms with Crippen LogP contribution in [-0.4, -0.2) is 45.1 Å². The summed E-state index contributed by atoms with van der Waals surface area (Å²) in [6.07, 6.45) is 8.37. The second-order valence-corrected chi connectivity index (χ2v) is 6.77. The van der Waals surface area contributed by atoms with E-state index in [4.69, 9.17) is 4.42 Å². The molecule has 0 saturated carbocycles. The highest BCUT2D eigenvalue weighted by molar-refractivity contribution is 5.74. The summed E-state index contributed by atoms with van der Waals surface area (Å²) in [4.78, 5) is 22.9. The van der Waals surface area contributed by atoms with Gasteiger partial charge in [-0.05, 0) is 30.9 Å². The van der Waals surface area contributed by atoms with Crippen molar-refractivity contribution in [1.82, 2.24) is 24.8 Å². The molecule has 3 heterocycles. The lowest BCUT2D eigenvalue weighted by molar-refractivity contribution is 0.159.